The predicted octanol–water partition coefficient (Wildman–Crippen LogP) is 3.67. The minimum absolute atomic E-state index is 0.213. The summed E-state index contributed by atoms with van der Waals surface area (Å²) < 4.78 is 5.36. The van der Waals surface area contributed by atoms with E-state index in [-0.39, 0.29) is 30.9 Å². The maximum atomic E-state index is 14.1. The molecule has 1 heterocycles. The number of anilines is 1. The number of amides is 2. The number of rotatable bonds is 8. The number of nitrogens with zero attached hydrogens (tertiary/aromatic N) is 1. The van der Waals surface area contributed by atoms with Gasteiger partial charge in [-0.3, -0.25) is 14.4 Å². The zero-order valence-electron chi connectivity index (χ0n) is 21.9. The lowest BCUT2D eigenvalue weighted by Crippen LogP contribution is -2.51. The third kappa shape index (κ3) is 5.18. The quantitative estimate of drug-likeness (QED) is 0.422. The summed E-state index contributed by atoms with van der Waals surface area (Å²) in [6, 6.07) is 13.9. The molecule has 2 aromatic rings. The molecule has 7 heteroatoms. The van der Waals surface area contributed by atoms with E-state index in [4.69, 9.17) is 4.74 Å². The fourth-order valence-corrected chi connectivity index (χ4v) is 5.88. The predicted molar refractivity (Wildman–Crippen MR) is 142 cm³/mol. The van der Waals surface area contributed by atoms with Crippen LogP contribution in [0.4, 0.5) is 5.69 Å². The van der Waals surface area contributed by atoms with Crippen molar-refractivity contribution in [2.75, 3.05) is 18.5 Å². The average Bonchev–Trinajstić information content (AvgIpc) is 3.17. The van der Waals surface area contributed by atoms with Crippen LogP contribution in [0.25, 0.3) is 0 Å². The van der Waals surface area contributed by atoms with Crippen molar-refractivity contribution in [3.8, 4) is 0 Å². The van der Waals surface area contributed by atoms with Crippen LogP contribution < -0.4 is 5.32 Å². The van der Waals surface area contributed by atoms with Crippen molar-refractivity contribution in [2.24, 2.45) is 23.7 Å². The summed E-state index contributed by atoms with van der Waals surface area (Å²) in [5.41, 5.74) is 3.49. The number of carbonyl (C=O) groups excluding carboxylic acids is 3. The Hall–Kier alpha value is -3.45. The normalized spacial score (nSPS) is 25.5. The van der Waals surface area contributed by atoms with Crippen molar-refractivity contribution in [3.05, 3.63) is 77.4 Å². The van der Waals surface area contributed by atoms with Crippen LogP contribution in [0.3, 0.4) is 0 Å². The molecule has 1 fully saturated rings. The first-order valence-electron chi connectivity index (χ1n) is 13.0. The Balaban J connectivity index is 1.76. The zero-order valence-corrected chi connectivity index (χ0v) is 21.9. The fourth-order valence-electron chi connectivity index (χ4n) is 5.88. The van der Waals surface area contributed by atoms with E-state index in [9.17, 15) is 19.5 Å². The number of aliphatic hydroxyl groups is 1. The second-order valence-electron chi connectivity index (χ2n) is 10.1. The van der Waals surface area contributed by atoms with Crippen molar-refractivity contribution in [2.45, 2.75) is 46.2 Å². The van der Waals surface area contributed by atoms with Gasteiger partial charge in [0.2, 0.25) is 11.8 Å². The Morgan fingerprint density at radius 3 is 2.35 bits per heavy atom. The van der Waals surface area contributed by atoms with Gasteiger partial charge in [0.1, 0.15) is 6.04 Å². The molecule has 0 unspecified atom stereocenters. The number of fused-ring (bicyclic) bond motifs is 1. The lowest BCUT2D eigenvalue weighted by molar-refractivity contribution is -0.155. The summed E-state index contributed by atoms with van der Waals surface area (Å²) in [6.07, 6.45) is 4.19. The zero-order chi connectivity index (χ0) is 26.7. The van der Waals surface area contributed by atoms with Gasteiger partial charge in [-0.25, -0.2) is 0 Å². The molecular formula is C30H36N2O5. The molecule has 2 aromatic carbocycles. The third-order valence-electron chi connectivity index (χ3n) is 7.68. The minimum Gasteiger partial charge on any atom is -0.466 e. The van der Waals surface area contributed by atoms with Crippen LogP contribution in [0.1, 0.15) is 30.5 Å². The average molecular weight is 505 g/mol. The van der Waals surface area contributed by atoms with Gasteiger partial charge in [0.15, 0.2) is 0 Å². The molecule has 0 bridgehead atoms. The second-order valence-corrected chi connectivity index (χ2v) is 10.1. The highest BCUT2D eigenvalue weighted by Gasteiger charge is 2.58. The summed E-state index contributed by atoms with van der Waals surface area (Å²) >= 11 is 0. The summed E-state index contributed by atoms with van der Waals surface area (Å²) in [5.74, 6) is -3.22. The maximum absolute atomic E-state index is 14.1. The molecule has 2 aliphatic rings. The van der Waals surface area contributed by atoms with Crippen molar-refractivity contribution in [1.82, 2.24) is 4.90 Å². The largest absolute Gasteiger partial charge is 0.466 e. The van der Waals surface area contributed by atoms with Crippen molar-refractivity contribution >= 4 is 23.5 Å². The van der Waals surface area contributed by atoms with E-state index in [0.29, 0.717) is 12.1 Å². The van der Waals surface area contributed by atoms with Crippen molar-refractivity contribution in [3.63, 3.8) is 0 Å². The monoisotopic (exact) mass is 504 g/mol. The number of carbonyl (C=O) groups is 3. The molecule has 196 valence electrons. The molecule has 1 aliphatic heterocycles. The molecule has 2 N–H and O–H groups in total. The first-order valence-corrected chi connectivity index (χ1v) is 13.0. The second kappa shape index (κ2) is 11.3. The van der Waals surface area contributed by atoms with E-state index in [1.54, 1.807) is 6.92 Å². The molecule has 0 aromatic heterocycles. The van der Waals surface area contributed by atoms with Crippen LogP contribution in [-0.4, -0.2) is 53.1 Å². The number of ether oxygens (including phenoxy) is 1. The molecule has 2 amide bonds. The van der Waals surface area contributed by atoms with Gasteiger partial charge in [-0.2, -0.15) is 0 Å². The number of allylic oxidation sites excluding steroid dienone is 1. The molecule has 0 saturated carbocycles. The number of aliphatic hydroxyl groups excluding tert-OH is 1. The number of hydrogen-bond acceptors (Lipinski definition) is 5. The van der Waals surface area contributed by atoms with Gasteiger partial charge in [0.25, 0.3) is 0 Å². The van der Waals surface area contributed by atoms with E-state index in [1.165, 1.54) is 4.90 Å². The SMILES string of the molecule is CCOC(=O)[C@H]1[C@@H]2C(=O)N([C@@H](CO)Cc3ccccc3)[C@H](C(=O)Nc3c(C)cccc3C)[C@H]2C=C[C@H]1C. The lowest BCUT2D eigenvalue weighted by Gasteiger charge is -2.33. The van der Waals surface area contributed by atoms with Crippen LogP contribution >= 0.6 is 0 Å². The summed E-state index contributed by atoms with van der Waals surface area (Å²) in [6.45, 7) is 7.39. The highest BCUT2D eigenvalue weighted by atomic mass is 16.5. The Morgan fingerprint density at radius 2 is 1.73 bits per heavy atom. The molecular weight excluding hydrogens is 468 g/mol. The molecule has 6 atom stereocenters. The standard InChI is InChI=1S/C30H36N2O5/c1-5-37-30(36)24-18(2)14-15-23-25(24)29(35)32(22(17-33)16-21-12-7-6-8-13-21)27(23)28(34)31-26-19(3)10-9-11-20(26)4/h6-15,18,22-25,27,33H,5,16-17H2,1-4H3,(H,31,34)/t18-,22-,23+,24-,25-,27+/m1/s1. The van der Waals surface area contributed by atoms with Crippen LogP contribution in [0.15, 0.2) is 60.7 Å². The van der Waals surface area contributed by atoms with Gasteiger partial charge in [0, 0.05) is 11.6 Å². The topological polar surface area (TPSA) is 95.9 Å². The van der Waals surface area contributed by atoms with Crippen LogP contribution in [0, 0.1) is 37.5 Å². The van der Waals surface area contributed by atoms with Gasteiger partial charge in [-0.1, -0.05) is 67.6 Å². The Labute approximate surface area is 218 Å². The van der Waals surface area contributed by atoms with Crippen LogP contribution in [0.2, 0.25) is 0 Å². The highest BCUT2D eigenvalue weighted by Crippen LogP contribution is 2.45. The number of esters is 1. The van der Waals surface area contributed by atoms with Crippen LogP contribution in [-0.2, 0) is 25.5 Å². The number of hydrogen-bond donors (Lipinski definition) is 2. The molecule has 37 heavy (non-hydrogen) atoms. The summed E-state index contributed by atoms with van der Waals surface area (Å²) in [5, 5.41) is 13.5. The first kappa shape index (κ1) is 26.6. The number of nitrogens with one attached hydrogen (secondary N) is 1. The molecule has 0 spiro atoms. The summed E-state index contributed by atoms with van der Waals surface area (Å²) in [4.78, 5) is 42.6. The minimum atomic E-state index is -0.877. The fraction of sp³-hybridized carbons (Fsp3) is 0.433. The Kier molecular flexibility index (Phi) is 8.13. The molecule has 4 rings (SSSR count). The van der Waals surface area contributed by atoms with Gasteiger partial charge >= 0.3 is 5.97 Å². The third-order valence-corrected chi connectivity index (χ3v) is 7.68. The Bertz CT molecular complexity index is 1160. The number of aryl methyl sites for hydroxylation is 2. The van der Waals surface area contributed by atoms with E-state index in [1.807, 2.05) is 81.5 Å². The smallest absolute Gasteiger partial charge is 0.310 e. The van der Waals surface area contributed by atoms with Gasteiger partial charge in [-0.15, -0.1) is 0 Å². The van der Waals surface area contributed by atoms with E-state index in [0.717, 1.165) is 16.7 Å². The van der Waals surface area contributed by atoms with Gasteiger partial charge < -0.3 is 20.1 Å². The van der Waals surface area contributed by atoms with Crippen molar-refractivity contribution in [1.29, 1.82) is 0 Å². The number of benzene rings is 2. The molecule has 1 saturated heterocycles. The van der Waals surface area contributed by atoms with E-state index < -0.39 is 35.8 Å². The van der Waals surface area contributed by atoms with E-state index in [2.05, 4.69) is 5.32 Å². The number of para-hydroxylation sites is 1. The summed E-state index contributed by atoms with van der Waals surface area (Å²) in [7, 11) is 0. The van der Waals surface area contributed by atoms with E-state index >= 15 is 0 Å². The molecule has 1 aliphatic carbocycles. The highest BCUT2D eigenvalue weighted by molar-refractivity contribution is 6.02. The van der Waals surface area contributed by atoms with Gasteiger partial charge in [0.05, 0.1) is 31.1 Å². The maximum Gasteiger partial charge on any atom is 0.310 e. The molecule has 0 radical (unpaired) electrons. The molecule has 7 nitrogen and oxygen atoms in total. The Morgan fingerprint density at radius 1 is 1.05 bits per heavy atom. The van der Waals surface area contributed by atoms with Crippen molar-refractivity contribution < 1.29 is 24.2 Å². The first-order chi connectivity index (χ1) is 17.8. The van der Waals surface area contributed by atoms with Crippen LogP contribution in [0.5, 0.6) is 0 Å². The number of likely N-dealkylation sites (tertiary alicyclic amines) is 1. The lowest BCUT2D eigenvalue weighted by atomic mass is 9.70. The van der Waals surface area contributed by atoms with Gasteiger partial charge in [-0.05, 0) is 49.8 Å².